The van der Waals surface area contributed by atoms with Crippen LogP contribution in [-0.2, 0) is 59.4 Å². The second kappa shape index (κ2) is 26.7. The van der Waals surface area contributed by atoms with E-state index in [4.69, 9.17) is 30.3 Å². The largest absolute Gasteiger partial charge is 0.491 e. The van der Waals surface area contributed by atoms with Crippen molar-refractivity contribution in [3.8, 4) is 5.75 Å². The molecule has 1 saturated heterocycles. The van der Waals surface area contributed by atoms with E-state index in [-0.39, 0.29) is 84.5 Å². The van der Waals surface area contributed by atoms with Gasteiger partial charge in [0.2, 0.25) is 41.2 Å². The fourth-order valence-corrected chi connectivity index (χ4v) is 11.1. The number of oxazole rings is 1. The Morgan fingerprint density at radius 1 is 0.951 bits per heavy atom. The number of rotatable bonds is 27. The lowest BCUT2D eigenvalue weighted by atomic mass is 9.97. The van der Waals surface area contributed by atoms with E-state index in [2.05, 4.69) is 30.6 Å². The van der Waals surface area contributed by atoms with Crippen LogP contribution in [0.15, 0.2) is 46.0 Å². The summed E-state index contributed by atoms with van der Waals surface area (Å²) in [6, 6.07) is 3.06. The number of anilines is 1. The van der Waals surface area contributed by atoms with Crippen molar-refractivity contribution in [1.29, 1.82) is 0 Å². The molecule has 1 aliphatic heterocycles. The van der Waals surface area contributed by atoms with Gasteiger partial charge in [0.25, 0.3) is 5.91 Å². The highest BCUT2D eigenvalue weighted by atomic mass is 32.2. The number of Topliss-reactive ketones (excluding diaryl/α,β-unsaturated/α-hetero) is 1. The number of hydrogen-bond donors (Lipinski definition) is 5. The van der Waals surface area contributed by atoms with Crippen LogP contribution in [-0.4, -0.2) is 135 Å². The molecule has 5 aromatic heterocycles. The Kier molecular flexibility index (Phi) is 19.8. The van der Waals surface area contributed by atoms with E-state index in [9.17, 15) is 53.1 Å². The molecule has 0 saturated carbocycles. The van der Waals surface area contributed by atoms with Gasteiger partial charge in [0.15, 0.2) is 22.1 Å². The number of carbonyl (C=O) groups is 10. The predicted octanol–water partition coefficient (Wildman–Crippen LogP) is 3.83. The molecule has 0 aliphatic carbocycles. The molecule has 81 heavy (non-hydrogen) atoms. The van der Waals surface area contributed by atoms with Gasteiger partial charge in [0, 0.05) is 57.5 Å². The van der Waals surface area contributed by atoms with Crippen LogP contribution in [0, 0.1) is 19.8 Å². The van der Waals surface area contributed by atoms with Crippen molar-refractivity contribution >= 4 is 121 Å². The topological polar surface area (TPSA) is 376 Å². The lowest BCUT2D eigenvalue weighted by Crippen LogP contribution is -2.47. The van der Waals surface area contributed by atoms with Gasteiger partial charge in [0.05, 0.1) is 62.6 Å². The number of aliphatic carboxylic acids is 1. The number of thiazole rings is 2. The third-order valence-electron chi connectivity index (χ3n) is 12.6. The summed E-state index contributed by atoms with van der Waals surface area (Å²) in [6.45, 7) is 7.68. The molecule has 29 heteroatoms. The molecule has 6 aromatic rings. The number of aromatic nitrogens is 6. The third kappa shape index (κ3) is 14.5. The number of allylic oxidation sites excluding steroid dienone is 2. The number of carboxylic acid groups (broad SMARTS) is 1. The van der Waals surface area contributed by atoms with Gasteiger partial charge in [-0.15, -0.1) is 11.3 Å². The standard InChI is InChI=1S/C52H58N12O14S3/c1-7-30-42(78-26(4)56-30)47(72)61-52-63(46-36(81-52)21-29(23-55-46)45(54)71)15-10-9-14-62-41-33(59-51(62)60-48(73)43-31(8-2)57-27(5)80-43)19-28(44(53)70)20-35(41)76-16-11-17-77-50(75)25(3)18-34(65)32(12-13-40(68)69)58-38(66)24-64-39(67)22-37(79-6)49(64)74/h9-10,19-21,23,25,32,37H,7-8,11-18,22,24H2,1-6H3,(H2,53,70)(H2,54,71)(H,58,66)(H,68,69)(H,59,60,73)/b10-9+,61-52?/t25-,32+,37?/m1/s1. The number of ketones is 1. The van der Waals surface area contributed by atoms with Crippen LogP contribution in [0.25, 0.3) is 21.4 Å². The second-order valence-corrected chi connectivity index (χ2v) is 21.7. The van der Waals surface area contributed by atoms with Crippen LogP contribution in [0.4, 0.5) is 5.95 Å². The minimum atomic E-state index is -1.34. The zero-order chi connectivity index (χ0) is 58.8. The summed E-state index contributed by atoms with van der Waals surface area (Å²) in [6.07, 6.45) is 6.13. The summed E-state index contributed by atoms with van der Waals surface area (Å²) >= 11 is 3.47. The van der Waals surface area contributed by atoms with Crippen LogP contribution in [0.2, 0.25) is 0 Å². The van der Waals surface area contributed by atoms with E-state index in [1.54, 1.807) is 47.5 Å². The number of pyridine rings is 1. The number of imidazole rings is 1. The first kappa shape index (κ1) is 60.2. The quantitative estimate of drug-likeness (QED) is 0.0212. The summed E-state index contributed by atoms with van der Waals surface area (Å²) in [4.78, 5) is 152. The van der Waals surface area contributed by atoms with Crippen molar-refractivity contribution in [3.05, 3.63) is 85.4 Å². The van der Waals surface area contributed by atoms with Crippen LogP contribution in [0.1, 0.15) is 116 Å². The molecule has 7 amide bonds. The number of fused-ring (bicyclic) bond motifs is 2. The third-order valence-corrected chi connectivity index (χ3v) is 15.6. The lowest BCUT2D eigenvalue weighted by Gasteiger charge is -2.21. The Bertz CT molecular complexity index is 3590. The Morgan fingerprint density at radius 2 is 1.67 bits per heavy atom. The fourth-order valence-electron chi connectivity index (χ4n) is 8.57. The number of carbonyl (C=O) groups excluding carboxylic acids is 9. The number of nitrogens with one attached hydrogen (secondary N) is 2. The van der Waals surface area contributed by atoms with Gasteiger partial charge < -0.3 is 40.3 Å². The smallest absolute Gasteiger partial charge is 0.317 e. The van der Waals surface area contributed by atoms with Gasteiger partial charge >= 0.3 is 17.8 Å². The predicted molar refractivity (Wildman–Crippen MR) is 296 cm³/mol. The molecule has 1 aromatic carbocycles. The summed E-state index contributed by atoms with van der Waals surface area (Å²) < 4.78 is 21.1. The zero-order valence-electron chi connectivity index (χ0n) is 44.9. The summed E-state index contributed by atoms with van der Waals surface area (Å²) in [5, 5.41) is 14.7. The highest BCUT2D eigenvalue weighted by molar-refractivity contribution is 8.00. The number of imide groups is 1. The number of benzene rings is 1. The maximum absolute atomic E-state index is 13.9. The van der Waals surface area contributed by atoms with Crippen molar-refractivity contribution in [3.63, 3.8) is 0 Å². The number of likely N-dealkylation sites (tertiary alicyclic amines) is 1. The van der Waals surface area contributed by atoms with E-state index in [0.717, 1.165) is 28.0 Å². The molecular formula is C52H58N12O14S3. The number of thioether (sulfide) groups is 1. The van der Waals surface area contributed by atoms with Gasteiger partial charge in [-0.3, -0.25) is 62.7 Å². The minimum absolute atomic E-state index is 0.00912. The van der Waals surface area contributed by atoms with E-state index < -0.39 is 95.7 Å². The summed E-state index contributed by atoms with van der Waals surface area (Å²) in [5.74, 6) is -7.87. The second-order valence-electron chi connectivity index (χ2n) is 18.5. The number of hydrogen-bond acceptors (Lipinski definition) is 20. The zero-order valence-corrected chi connectivity index (χ0v) is 47.3. The molecule has 0 spiro atoms. The van der Waals surface area contributed by atoms with E-state index in [1.165, 1.54) is 36.6 Å². The first-order valence-electron chi connectivity index (χ1n) is 25.4. The van der Waals surface area contributed by atoms with E-state index >= 15 is 0 Å². The molecule has 26 nitrogen and oxygen atoms in total. The highest BCUT2D eigenvalue weighted by Crippen LogP contribution is 2.32. The normalized spacial score (nSPS) is 14.5. The molecule has 6 heterocycles. The number of carboxylic acids is 1. The number of ether oxygens (including phenoxy) is 2. The first-order valence-corrected chi connectivity index (χ1v) is 28.3. The molecule has 1 unspecified atom stereocenters. The van der Waals surface area contributed by atoms with Crippen molar-refractivity contribution in [2.45, 2.75) is 104 Å². The van der Waals surface area contributed by atoms with Crippen LogP contribution >= 0.6 is 34.4 Å². The van der Waals surface area contributed by atoms with E-state index in [1.807, 2.05) is 13.8 Å². The maximum atomic E-state index is 13.9. The average Bonchev–Trinajstić information content (AvgIpc) is 4.44. The average molecular weight is 1170 g/mol. The Hall–Kier alpha value is -8.44. The molecule has 3 atom stereocenters. The number of esters is 1. The Labute approximate surface area is 473 Å². The maximum Gasteiger partial charge on any atom is 0.317 e. The number of amides is 7. The number of nitrogens with zero attached hydrogens (tertiary/aromatic N) is 8. The molecular weight excluding hydrogens is 1110 g/mol. The monoisotopic (exact) mass is 1170 g/mol. The van der Waals surface area contributed by atoms with Crippen molar-refractivity contribution in [1.82, 2.24) is 39.3 Å². The molecule has 0 bridgehead atoms. The SMILES string of the molecule is CCc1nc(C)oc1C(=O)N=c1sc2cc(C(N)=O)cnc2n1C/C=C/Cn1c(NC(=O)c2sc(C)nc2CC)nc2cc(C(N)=O)cc(OCCCOC(=O)[C@H](C)CC(=O)[C@H](CCC(=O)O)NC(=O)CN3C(=O)CC(SC)C3=O)c21. The van der Waals surface area contributed by atoms with Crippen LogP contribution < -0.4 is 31.6 Å². The molecule has 428 valence electrons. The fraction of sp³-hybridized carbons (Fsp3) is 0.404. The minimum Gasteiger partial charge on any atom is -0.491 e. The Balaban J connectivity index is 1.09. The van der Waals surface area contributed by atoms with Gasteiger partial charge in [-0.05, 0) is 50.6 Å². The highest BCUT2D eigenvalue weighted by Gasteiger charge is 2.39. The molecule has 1 aliphatic rings. The summed E-state index contributed by atoms with van der Waals surface area (Å²) in [5.41, 5.74) is 13.5. The molecule has 7 N–H and O–H groups in total. The van der Waals surface area contributed by atoms with Gasteiger partial charge in [-0.25, -0.2) is 19.9 Å². The van der Waals surface area contributed by atoms with Crippen molar-refractivity contribution < 1.29 is 66.9 Å². The number of nitrogens with two attached hydrogens (primary N) is 2. The van der Waals surface area contributed by atoms with Crippen LogP contribution in [0.5, 0.6) is 5.75 Å². The summed E-state index contributed by atoms with van der Waals surface area (Å²) in [7, 11) is 0. The van der Waals surface area contributed by atoms with Gasteiger partial charge in [-0.2, -0.15) is 16.8 Å². The molecule has 1 fully saturated rings. The van der Waals surface area contributed by atoms with Crippen LogP contribution in [0.3, 0.4) is 0 Å². The Morgan fingerprint density at radius 3 is 2.33 bits per heavy atom. The van der Waals surface area contributed by atoms with Gasteiger partial charge in [0.1, 0.15) is 22.7 Å². The number of primary amides is 2. The number of aryl methyl sites for hydroxylation is 4. The molecule has 7 rings (SSSR count). The first-order chi connectivity index (χ1) is 38.6. The van der Waals surface area contributed by atoms with Gasteiger partial charge in [-0.1, -0.05) is 44.3 Å². The van der Waals surface area contributed by atoms with Crippen molar-refractivity contribution in [2.75, 3.05) is 31.3 Å². The lowest BCUT2D eigenvalue weighted by molar-refractivity contribution is -0.150. The van der Waals surface area contributed by atoms with Crippen molar-refractivity contribution in [2.24, 2.45) is 22.4 Å². The molecule has 0 radical (unpaired) electrons. The van der Waals surface area contributed by atoms with E-state index in [0.29, 0.717) is 55.9 Å².